The van der Waals surface area contributed by atoms with E-state index in [4.69, 9.17) is 4.74 Å². The van der Waals surface area contributed by atoms with Crippen molar-refractivity contribution in [2.24, 2.45) is 7.05 Å². The molecule has 8 nitrogen and oxygen atoms in total. The van der Waals surface area contributed by atoms with Crippen LogP contribution >= 0.6 is 11.3 Å². The highest BCUT2D eigenvalue weighted by Crippen LogP contribution is 2.38. The molecule has 0 bridgehead atoms. The number of fused-ring (bicyclic) bond motifs is 1. The average molecular weight is 491 g/mol. The summed E-state index contributed by atoms with van der Waals surface area (Å²) in [5, 5.41) is 3.47. The van der Waals surface area contributed by atoms with Gasteiger partial charge < -0.3 is 19.5 Å². The Bertz CT molecular complexity index is 1430. The van der Waals surface area contributed by atoms with Crippen molar-refractivity contribution in [3.05, 3.63) is 81.8 Å². The molecule has 35 heavy (non-hydrogen) atoms. The van der Waals surface area contributed by atoms with Gasteiger partial charge in [0.25, 0.3) is 5.91 Å². The molecule has 0 aliphatic rings. The number of carbonyl (C=O) groups excluding carboxylic acids is 2. The third-order valence-electron chi connectivity index (χ3n) is 5.69. The minimum atomic E-state index is -0.175. The van der Waals surface area contributed by atoms with E-state index in [1.165, 1.54) is 22.0 Å². The third-order valence-corrected chi connectivity index (χ3v) is 6.86. The molecule has 0 aliphatic carbocycles. The molecular formula is C26H26N4O4S. The van der Waals surface area contributed by atoms with Gasteiger partial charge in [-0.05, 0) is 47.3 Å². The van der Waals surface area contributed by atoms with Crippen molar-refractivity contribution in [1.82, 2.24) is 19.8 Å². The molecule has 1 aromatic carbocycles. The topological polar surface area (TPSA) is 93.5 Å². The van der Waals surface area contributed by atoms with Gasteiger partial charge >= 0.3 is 0 Å². The van der Waals surface area contributed by atoms with Crippen molar-refractivity contribution >= 4 is 33.2 Å². The minimum Gasteiger partial charge on any atom is -0.497 e. The van der Waals surface area contributed by atoms with E-state index in [1.807, 2.05) is 36.4 Å². The van der Waals surface area contributed by atoms with E-state index in [1.54, 1.807) is 44.6 Å². The molecule has 0 saturated carbocycles. The lowest BCUT2D eigenvalue weighted by molar-refractivity contribution is -0.120. The molecule has 0 fully saturated rings. The molecule has 0 radical (unpaired) electrons. The second-order valence-corrected chi connectivity index (χ2v) is 9.09. The summed E-state index contributed by atoms with van der Waals surface area (Å²) in [5.74, 6) is 0.344. The van der Waals surface area contributed by atoms with Gasteiger partial charge in [-0.2, -0.15) is 0 Å². The lowest BCUT2D eigenvalue weighted by atomic mass is 10.1. The maximum atomic E-state index is 13.6. The fraction of sp³-hybridized carbons (Fsp3) is 0.231. The summed E-state index contributed by atoms with van der Waals surface area (Å²) in [6.45, 7) is 0.558. The molecule has 4 aromatic rings. The average Bonchev–Trinajstić information content (AvgIpc) is 3.31. The Morgan fingerprint density at radius 3 is 2.69 bits per heavy atom. The Hall–Kier alpha value is -3.98. The smallest absolute Gasteiger partial charge is 0.264 e. The Morgan fingerprint density at radius 1 is 1.17 bits per heavy atom. The fourth-order valence-corrected chi connectivity index (χ4v) is 4.92. The third kappa shape index (κ3) is 5.41. The quantitative estimate of drug-likeness (QED) is 0.408. The second kappa shape index (κ2) is 10.5. The van der Waals surface area contributed by atoms with Crippen LogP contribution in [0.1, 0.15) is 21.8 Å². The van der Waals surface area contributed by atoms with Crippen molar-refractivity contribution in [2.45, 2.75) is 13.0 Å². The number of rotatable bonds is 8. The minimum absolute atomic E-state index is 0.101. The number of hydrogen-bond acceptors (Lipinski definition) is 6. The Morgan fingerprint density at radius 2 is 2.00 bits per heavy atom. The van der Waals surface area contributed by atoms with Gasteiger partial charge in [-0.15, -0.1) is 11.3 Å². The largest absolute Gasteiger partial charge is 0.497 e. The lowest BCUT2D eigenvalue weighted by Gasteiger charge is -2.21. The summed E-state index contributed by atoms with van der Waals surface area (Å²) in [6, 6.07) is 14.5. The number of methoxy groups -OCH3 is 1. The Balaban J connectivity index is 1.74. The van der Waals surface area contributed by atoms with Gasteiger partial charge in [0.05, 0.1) is 24.2 Å². The van der Waals surface area contributed by atoms with Crippen LogP contribution in [0.4, 0.5) is 0 Å². The molecule has 0 atom stereocenters. The molecule has 9 heteroatoms. The van der Waals surface area contributed by atoms with Crippen molar-refractivity contribution in [3.63, 3.8) is 0 Å². The summed E-state index contributed by atoms with van der Waals surface area (Å²) < 4.78 is 7.94. The van der Waals surface area contributed by atoms with E-state index in [0.717, 1.165) is 26.9 Å². The Labute approximate surface area is 206 Å². The molecule has 0 unspecified atom stereocenters. The predicted molar refractivity (Wildman–Crippen MR) is 137 cm³/mol. The van der Waals surface area contributed by atoms with Gasteiger partial charge in [-0.25, -0.2) is 0 Å². The first-order chi connectivity index (χ1) is 16.9. The molecule has 1 N–H and O–H groups in total. The number of thiophene rings is 1. The van der Waals surface area contributed by atoms with Gasteiger partial charge in [0.2, 0.25) is 11.5 Å². The molecule has 3 heterocycles. The van der Waals surface area contributed by atoms with Crippen LogP contribution in [0.25, 0.3) is 21.2 Å². The molecular weight excluding hydrogens is 464 g/mol. The molecule has 180 valence electrons. The normalized spacial score (nSPS) is 10.8. The number of amides is 2. The maximum absolute atomic E-state index is 13.6. The number of aryl methyl sites for hydroxylation is 1. The molecule has 4 rings (SSSR count). The molecule has 0 aliphatic heterocycles. The van der Waals surface area contributed by atoms with Crippen molar-refractivity contribution < 1.29 is 14.3 Å². The number of hydrogen-bond donors (Lipinski definition) is 1. The van der Waals surface area contributed by atoms with E-state index < -0.39 is 0 Å². The van der Waals surface area contributed by atoms with Gasteiger partial charge in [0.1, 0.15) is 5.75 Å². The standard InChI is InChI=1S/C26H26N4O4S/c1-27-23(31)9-11-30(16-19-6-4-5-10-28-19)26(33)22-13-18-12-20(34-3)14-21(25(18)35-22)17-7-8-24(32)29(2)15-17/h4-8,10,12-15H,9,11,16H2,1-3H3,(H,27,31). The summed E-state index contributed by atoms with van der Waals surface area (Å²) in [6.07, 6.45) is 3.65. The number of aromatic nitrogens is 2. The van der Waals surface area contributed by atoms with Crippen LogP contribution in [0.3, 0.4) is 0 Å². The molecule has 3 aromatic heterocycles. The van der Waals surface area contributed by atoms with E-state index in [0.29, 0.717) is 17.2 Å². The summed E-state index contributed by atoms with van der Waals surface area (Å²) in [4.78, 5) is 43.9. The first-order valence-electron chi connectivity index (χ1n) is 11.1. The highest BCUT2D eigenvalue weighted by Gasteiger charge is 2.22. The molecule has 0 saturated heterocycles. The number of benzene rings is 1. The monoisotopic (exact) mass is 490 g/mol. The van der Waals surface area contributed by atoms with Crippen LogP contribution in [0.5, 0.6) is 5.75 Å². The van der Waals surface area contributed by atoms with E-state index in [-0.39, 0.29) is 30.3 Å². The highest BCUT2D eigenvalue weighted by atomic mass is 32.1. The van der Waals surface area contributed by atoms with Gasteiger partial charge in [-0.3, -0.25) is 19.4 Å². The number of nitrogens with zero attached hydrogens (tertiary/aromatic N) is 3. The number of pyridine rings is 2. The lowest BCUT2D eigenvalue weighted by Crippen LogP contribution is -2.34. The fourth-order valence-electron chi connectivity index (χ4n) is 3.77. The SMILES string of the molecule is CNC(=O)CCN(Cc1ccccn1)C(=O)c1cc2cc(OC)cc(-c3ccc(=O)n(C)c3)c2s1. The van der Waals surface area contributed by atoms with E-state index >= 15 is 0 Å². The maximum Gasteiger partial charge on any atom is 0.264 e. The van der Waals surface area contributed by atoms with Crippen LogP contribution in [-0.4, -0.2) is 47.0 Å². The van der Waals surface area contributed by atoms with Crippen molar-refractivity contribution in [3.8, 4) is 16.9 Å². The van der Waals surface area contributed by atoms with E-state index in [2.05, 4.69) is 10.3 Å². The highest BCUT2D eigenvalue weighted by molar-refractivity contribution is 7.21. The first kappa shape index (κ1) is 24.2. The van der Waals surface area contributed by atoms with E-state index in [9.17, 15) is 14.4 Å². The van der Waals surface area contributed by atoms with Crippen LogP contribution in [0.15, 0.2) is 65.7 Å². The predicted octanol–water partition coefficient (Wildman–Crippen LogP) is 3.45. The van der Waals surface area contributed by atoms with Gasteiger partial charge in [0.15, 0.2) is 0 Å². The van der Waals surface area contributed by atoms with Crippen molar-refractivity contribution in [1.29, 1.82) is 0 Å². The zero-order valence-corrected chi connectivity index (χ0v) is 20.6. The van der Waals surface area contributed by atoms with Crippen LogP contribution in [0.2, 0.25) is 0 Å². The van der Waals surface area contributed by atoms with Gasteiger partial charge in [-0.1, -0.05) is 6.07 Å². The van der Waals surface area contributed by atoms with Crippen LogP contribution in [0, 0.1) is 0 Å². The number of ether oxygens (including phenoxy) is 1. The Kier molecular flexibility index (Phi) is 7.26. The summed E-state index contributed by atoms with van der Waals surface area (Å²) >= 11 is 1.38. The molecule has 0 spiro atoms. The number of nitrogens with one attached hydrogen (secondary N) is 1. The van der Waals surface area contributed by atoms with Crippen molar-refractivity contribution in [2.75, 3.05) is 20.7 Å². The summed E-state index contributed by atoms with van der Waals surface area (Å²) in [7, 11) is 4.87. The zero-order chi connectivity index (χ0) is 24.9. The summed E-state index contributed by atoms with van der Waals surface area (Å²) in [5.41, 5.74) is 2.37. The van der Waals surface area contributed by atoms with Crippen LogP contribution in [-0.2, 0) is 18.4 Å². The molecule has 2 amide bonds. The van der Waals surface area contributed by atoms with Crippen LogP contribution < -0.4 is 15.6 Å². The second-order valence-electron chi connectivity index (χ2n) is 8.04. The van der Waals surface area contributed by atoms with Gasteiger partial charge in [0, 0.05) is 55.8 Å². The first-order valence-corrected chi connectivity index (χ1v) is 11.9. The zero-order valence-electron chi connectivity index (χ0n) is 19.8. The number of carbonyl (C=O) groups is 2.